The van der Waals surface area contributed by atoms with Gasteiger partial charge in [-0.3, -0.25) is 0 Å². The van der Waals surface area contributed by atoms with Crippen LogP contribution in [0.4, 0.5) is 10.6 Å². The molecule has 11 nitrogen and oxygen atoms in total. The van der Waals surface area contributed by atoms with Gasteiger partial charge in [-0.25, -0.2) is 14.3 Å². The van der Waals surface area contributed by atoms with Crippen LogP contribution in [-0.2, 0) is 19.8 Å². The number of aromatic nitrogens is 3. The van der Waals surface area contributed by atoms with E-state index in [9.17, 15) is 20.3 Å². The molecule has 0 amide bonds. The van der Waals surface area contributed by atoms with E-state index in [0.29, 0.717) is 11.4 Å². The van der Waals surface area contributed by atoms with Gasteiger partial charge in [0.15, 0.2) is 5.82 Å². The molecule has 1 saturated carbocycles. The number of carbonyl (C=O) groups excluding carboxylic acids is 1. The zero-order valence-electron chi connectivity index (χ0n) is 16.9. The van der Waals surface area contributed by atoms with Gasteiger partial charge in [0.05, 0.1) is 12.3 Å². The van der Waals surface area contributed by atoms with Gasteiger partial charge in [-0.05, 0) is 30.9 Å². The molecule has 0 unspecified atom stereocenters. The van der Waals surface area contributed by atoms with Gasteiger partial charge < -0.3 is 30.2 Å². The third-order valence-electron chi connectivity index (χ3n) is 6.01. The molecular formula is C20H25N5O6. The first-order valence-corrected chi connectivity index (χ1v) is 10.3. The SMILES string of the molecule is N#C[C@@]1(c2ccc3c(N)ncnn23)O[C@H](COC(=O)OCC2CCCCC2)[C@@H](O)[C@H]1O. The van der Waals surface area contributed by atoms with Gasteiger partial charge in [-0.1, -0.05) is 19.3 Å². The van der Waals surface area contributed by atoms with Gasteiger partial charge in [0, 0.05) is 0 Å². The minimum Gasteiger partial charge on any atom is -0.434 e. The van der Waals surface area contributed by atoms with Crippen LogP contribution in [0.1, 0.15) is 37.8 Å². The molecule has 0 radical (unpaired) electrons. The standard InChI is InChI=1S/C20H25N5O6/c21-10-20(15-7-6-13-18(22)23-11-24-25(13)15)17(27)16(26)14(31-20)9-30-19(28)29-8-12-4-2-1-3-5-12/h6-7,11-12,14,16-17,26-27H,1-5,8-9H2,(H2,22,23,24)/t14-,16-,17-,20+/m1/s1. The Morgan fingerprint density at radius 1 is 1.29 bits per heavy atom. The number of hydrogen-bond acceptors (Lipinski definition) is 10. The van der Waals surface area contributed by atoms with E-state index in [-0.39, 0.29) is 24.7 Å². The summed E-state index contributed by atoms with van der Waals surface area (Å²) in [4.78, 5) is 15.8. The molecule has 11 heteroatoms. The minimum absolute atomic E-state index is 0.174. The van der Waals surface area contributed by atoms with Crippen LogP contribution in [0.5, 0.6) is 0 Å². The molecule has 0 aromatic carbocycles. The first-order chi connectivity index (χ1) is 15.0. The molecule has 2 aromatic rings. The highest BCUT2D eigenvalue weighted by molar-refractivity contribution is 5.66. The number of aliphatic hydroxyl groups is 2. The Morgan fingerprint density at radius 3 is 2.77 bits per heavy atom. The highest BCUT2D eigenvalue weighted by Gasteiger charge is 2.57. The van der Waals surface area contributed by atoms with Crippen LogP contribution in [0.25, 0.3) is 5.52 Å². The predicted molar refractivity (Wildman–Crippen MR) is 105 cm³/mol. The fraction of sp³-hybridized carbons (Fsp3) is 0.600. The first-order valence-electron chi connectivity index (χ1n) is 10.3. The lowest BCUT2D eigenvalue weighted by molar-refractivity contribution is -0.0728. The number of nitriles is 1. The fourth-order valence-electron chi connectivity index (χ4n) is 4.28. The zero-order valence-corrected chi connectivity index (χ0v) is 16.9. The van der Waals surface area contributed by atoms with Crippen molar-refractivity contribution >= 4 is 17.5 Å². The summed E-state index contributed by atoms with van der Waals surface area (Å²) < 4.78 is 17.3. The Hall–Kier alpha value is -2.94. The van der Waals surface area contributed by atoms with E-state index in [4.69, 9.17) is 19.9 Å². The summed E-state index contributed by atoms with van der Waals surface area (Å²) >= 11 is 0. The summed E-state index contributed by atoms with van der Waals surface area (Å²) in [5.74, 6) is 0.516. The van der Waals surface area contributed by atoms with Gasteiger partial charge >= 0.3 is 6.16 Å². The van der Waals surface area contributed by atoms with Crippen LogP contribution in [-0.4, -0.2) is 62.5 Å². The molecule has 3 heterocycles. The number of rotatable bonds is 5. The molecular weight excluding hydrogens is 406 g/mol. The van der Waals surface area contributed by atoms with Crippen LogP contribution < -0.4 is 5.73 Å². The van der Waals surface area contributed by atoms with Crippen LogP contribution in [0.2, 0.25) is 0 Å². The van der Waals surface area contributed by atoms with Crippen molar-refractivity contribution in [1.82, 2.24) is 14.6 Å². The third-order valence-corrected chi connectivity index (χ3v) is 6.01. The van der Waals surface area contributed by atoms with Crippen molar-refractivity contribution in [2.45, 2.75) is 56.0 Å². The molecule has 1 aliphatic carbocycles. The monoisotopic (exact) mass is 431 g/mol. The highest BCUT2D eigenvalue weighted by atomic mass is 16.7. The number of nitrogen functional groups attached to an aromatic ring is 1. The number of carbonyl (C=O) groups is 1. The van der Waals surface area contributed by atoms with Crippen molar-refractivity contribution in [2.75, 3.05) is 18.9 Å². The van der Waals surface area contributed by atoms with Gasteiger partial charge in [0.2, 0.25) is 5.60 Å². The summed E-state index contributed by atoms with van der Waals surface area (Å²) in [7, 11) is 0. The molecule has 2 aromatic heterocycles. The Labute approximate surface area is 178 Å². The van der Waals surface area contributed by atoms with Crippen molar-refractivity contribution in [2.24, 2.45) is 5.92 Å². The number of nitrogens with zero attached hydrogens (tertiary/aromatic N) is 4. The van der Waals surface area contributed by atoms with E-state index in [1.165, 1.54) is 23.3 Å². The van der Waals surface area contributed by atoms with Crippen LogP contribution >= 0.6 is 0 Å². The Balaban J connectivity index is 1.43. The van der Waals surface area contributed by atoms with Crippen molar-refractivity contribution in [3.8, 4) is 6.07 Å². The number of nitrogens with two attached hydrogens (primary N) is 1. The molecule has 4 atom stereocenters. The quantitative estimate of drug-likeness (QED) is 0.579. The zero-order chi connectivity index (χ0) is 22.0. The number of hydrogen-bond donors (Lipinski definition) is 3. The van der Waals surface area contributed by atoms with Gasteiger partial charge in [0.1, 0.15) is 42.8 Å². The molecule has 2 fully saturated rings. The molecule has 0 bridgehead atoms. The summed E-state index contributed by atoms with van der Waals surface area (Å²) in [6.45, 7) is -0.0967. The van der Waals surface area contributed by atoms with E-state index in [0.717, 1.165) is 25.7 Å². The van der Waals surface area contributed by atoms with E-state index < -0.39 is 30.1 Å². The summed E-state index contributed by atoms with van der Waals surface area (Å²) in [5.41, 5.74) is 4.48. The summed E-state index contributed by atoms with van der Waals surface area (Å²) in [6.07, 6.45) is 1.61. The lowest BCUT2D eigenvalue weighted by atomic mass is 9.90. The lowest BCUT2D eigenvalue weighted by Gasteiger charge is -2.24. The van der Waals surface area contributed by atoms with Crippen LogP contribution in [0.15, 0.2) is 18.5 Å². The van der Waals surface area contributed by atoms with Crippen molar-refractivity contribution in [1.29, 1.82) is 5.26 Å². The predicted octanol–water partition coefficient (Wildman–Crippen LogP) is 0.884. The highest BCUT2D eigenvalue weighted by Crippen LogP contribution is 2.40. The first kappa shape index (κ1) is 21.3. The topological polar surface area (TPSA) is 165 Å². The Bertz CT molecular complexity index is 984. The second-order valence-electron chi connectivity index (χ2n) is 7.98. The molecule has 31 heavy (non-hydrogen) atoms. The molecule has 1 aliphatic heterocycles. The average Bonchev–Trinajstić information content (AvgIpc) is 3.33. The van der Waals surface area contributed by atoms with Gasteiger partial charge in [0.25, 0.3) is 0 Å². The van der Waals surface area contributed by atoms with Crippen LogP contribution in [0, 0.1) is 17.2 Å². The molecule has 166 valence electrons. The Morgan fingerprint density at radius 2 is 2.03 bits per heavy atom. The largest absolute Gasteiger partial charge is 0.508 e. The molecule has 0 spiro atoms. The van der Waals surface area contributed by atoms with Crippen molar-refractivity contribution < 1.29 is 29.2 Å². The Kier molecular flexibility index (Phi) is 5.95. The smallest absolute Gasteiger partial charge is 0.434 e. The van der Waals surface area contributed by atoms with Crippen LogP contribution in [0.3, 0.4) is 0 Å². The maximum absolute atomic E-state index is 12.0. The maximum Gasteiger partial charge on any atom is 0.508 e. The molecule has 4 rings (SSSR count). The molecule has 4 N–H and O–H groups in total. The molecule has 1 saturated heterocycles. The fourth-order valence-corrected chi connectivity index (χ4v) is 4.28. The summed E-state index contributed by atoms with van der Waals surface area (Å²) in [5, 5.41) is 35.1. The number of aliphatic hydroxyl groups excluding tert-OH is 2. The molecule has 2 aliphatic rings. The number of ether oxygens (including phenoxy) is 3. The van der Waals surface area contributed by atoms with E-state index >= 15 is 0 Å². The van der Waals surface area contributed by atoms with E-state index in [1.54, 1.807) is 6.07 Å². The number of anilines is 1. The second-order valence-corrected chi connectivity index (χ2v) is 7.98. The minimum atomic E-state index is -1.94. The van der Waals surface area contributed by atoms with Crippen molar-refractivity contribution in [3.63, 3.8) is 0 Å². The van der Waals surface area contributed by atoms with E-state index in [2.05, 4.69) is 10.1 Å². The number of fused-ring (bicyclic) bond motifs is 1. The van der Waals surface area contributed by atoms with Gasteiger partial charge in [-0.2, -0.15) is 10.4 Å². The lowest BCUT2D eigenvalue weighted by Crippen LogP contribution is -2.41. The average molecular weight is 431 g/mol. The third kappa shape index (κ3) is 3.89. The van der Waals surface area contributed by atoms with E-state index in [1.807, 2.05) is 6.07 Å². The second kappa shape index (κ2) is 8.66. The summed E-state index contributed by atoms with van der Waals surface area (Å²) in [6, 6.07) is 5.03. The maximum atomic E-state index is 12.0. The normalized spacial score (nSPS) is 29.0. The van der Waals surface area contributed by atoms with Gasteiger partial charge in [-0.15, -0.1) is 0 Å². The van der Waals surface area contributed by atoms with Crippen molar-refractivity contribution in [3.05, 3.63) is 24.2 Å².